The van der Waals surface area contributed by atoms with E-state index in [4.69, 9.17) is 4.74 Å². The lowest BCUT2D eigenvalue weighted by atomic mass is 10.1. The molecule has 1 fully saturated rings. The number of rotatable bonds is 7. The van der Waals surface area contributed by atoms with Crippen molar-refractivity contribution in [3.63, 3.8) is 0 Å². The zero-order valence-corrected chi connectivity index (χ0v) is 14.4. The van der Waals surface area contributed by atoms with E-state index < -0.39 is 0 Å². The molecule has 0 bridgehead atoms. The van der Waals surface area contributed by atoms with E-state index in [1.807, 2.05) is 37.3 Å². The van der Waals surface area contributed by atoms with Crippen molar-refractivity contribution in [2.45, 2.75) is 39.0 Å². The van der Waals surface area contributed by atoms with Gasteiger partial charge in [-0.2, -0.15) is 9.97 Å². The van der Waals surface area contributed by atoms with Gasteiger partial charge in [0.25, 0.3) is 0 Å². The summed E-state index contributed by atoms with van der Waals surface area (Å²) in [7, 11) is 0. The van der Waals surface area contributed by atoms with E-state index in [9.17, 15) is 0 Å². The third-order valence-electron chi connectivity index (χ3n) is 4.31. The molecule has 2 heterocycles. The first-order valence-electron chi connectivity index (χ1n) is 8.94. The molecule has 1 aliphatic rings. The minimum absolute atomic E-state index is 0.430. The van der Waals surface area contributed by atoms with Gasteiger partial charge in [-0.3, -0.25) is 0 Å². The normalized spacial score (nSPS) is 15.4. The highest BCUT2D eigenvalue weighted by molar-refractivity contribution is 5.54. The Kier molecular flexibility index (Phi) is 6.13. The fraction of sp³-hybridized carbons (Fsp3) is 0.526. The largest absolute Gasteiger partial charge is 0.463 e. The van der Waals surface area contributed by atoms with Crippen LogP contribution in [0, 0.1) is 6.92 Å². The van der Waals surface area contributed by atoms with Crippen molar-refractivity contribution in [2.75, 3.05) is 26.2 Å². The lowest BCUT2D eigenvalue weighted by Gasteiger charge is -2.26. The van der Waals surface area contributed by atoms with Crippen LogP contribution in [0.2, 0.25) is 0 Å². The number of hydrogen-bond donors (Lipinski definition) is 0. The van der Waals surface area contributed by atoms with Gasteiger partial charge in [-0.15, -0.1) is 0 Å². The summed E-state index contributed by atoms with van der Waals surface area (Å²) >= 11 is 0. The molecule has 0 saturated carbocycles. The minimum Gasteiger partial charge on any atom is -0.463 e. The molecule has 0 spiro atoms. The maximum atomic E-state index is 5.76. The third-order valence-corrected chi connectivity index (χ3v) is 4.31. The summed E-state index contributed by atoms with van der Waals surface area (Å²) < 4.78 is 5.76. The molecule has 0 amide bonds. The molecule has 128 valence electrons. The number of likely N-dealkylation sites (tertiary alicyclic amines) is 1. The highest BCUT2D eigenvalue weighted by Gasteiger charge is 2.10. The van der Waals surface area contributed by atoms with Crippen molar-refractivity contribution in [3.05, 3.63) is 36.2 Å². The standard InChI is InChI=1S/C19H26N4O/c1-16-20-18(17-10-4-2-5-11-17)22-19(21-16)24-15-9-8-14-23-12-6-3-7-13-23/h2,4-5,10-11H,3,6-9,12-15H2,1H3. The van der Waals surface area contributed by atoms with Gasteiger partial charge in [-0.1, -0.05) is 36.8 Å². The topological polar surface area (TPSA) is 51.1 Å². The Hall–Kier alpha value is -2.01. The summed E-state index contributed by atoms with van der Waals surface area (Å²) in [4.78, 5) is 15.7. The highest BCUT2D eigenvalue weighted by Crippen LogP contribution is 2.16. The van der Waals surface area contributed by atoms with Gasteiger partial charge in [-0.25, -0.2) is 4.98 Å². The molecular formula is C19H26N4O. The molecule has 3 rings (SSSR count). The predicted molar refractivity (Wildman–Crippen MR) is 95.0 cm³/mol. The molecule has 1 aromatic heterocycles. The second kappa shape index (κ2) is 8.73. The van der Waals surface area contributed by atoms with E-state index >= 15 is 0 Å². The predicted octanol–water partition coefficient (Wildman–Crippen LogP) is 3.49. The van der Waals surface area contributed by atoms with Gasteiger partial charge in [0.15, 0.2) is 5.82 Å². The van der Waals surface area contributed by atoms with Gasteiger partial charge in [0.2, 0.25) is 0 Å². The van der Waals surface area contributed by atoms with E-state index in [-0.39, 0.29) is 0 Å². The number of hydrogen-bond acceptors (Lipinski definition) is 5. The van der Waals surface area contributed by atoms with E-state index in [1.165, 1.54) is 38.9 Å². The van der Waals surface area contributed by atoms with E-state index in [0.717, 1.165) is 18.4 Å². The van der Waals surface area contributed by atoms with Crippen LogP contribution in [0.5, 0.6) is 6.01 Å². The lowest BCUT2D eigenvalue weighted by molar-refractivity contribution is 0.213. The summed E-state index contributed by atoms with van der Waals surface area (Å²) in [6.45, 7) is 6.22. The van der Waals surface area contributed by atoms with Gasteiger partial charge in [0.1, 0.15) is 5.82 Å². The Bertz CT molecular complexity index is 627. The van der Waals surface area contributed by atoms with Gasteiger partial charge in [-0.05, 0) is 52.2 Å². The maximum absolute atomic E-state index is 5.76. The Balaban J connectivity index is 1.47. The first-order chi connectivity index (χ1) is 11.8. The lowest BCUT2D eigenvalue weighted by Crippen LogP contribution is -2.30. The second-order valence-corrected chi connectivity index (χ2v) is 6.31. The van der Waals surface area contributed by atoms with Crippen molar-refractivity contribution in [2.24, 2.45) is 0 Å². The van der Waals surface area contributed by atoms with Gasteiger partial charge in [0.05, 0.1) is 6.61 Å². The maximum Gasteiger partial charge on any atom is 0.320 e. The van der Waals surface area contributed by atoms with Crippen LogP contribution in [0.1, 0.15) is 37.9 Å². The van der Waals surface area contributed by atoms with Crippen LogP contribution in [0.15, 0.2) is 30.3 Å². The number of aromatic nitrogens is 3. The average Bonchev–Trinajstić information content (AvgIpc) is 2.63. The zero-order chi connectivity index (χ0) is 16.6. The van der Waals surface area contributed by atoms with Crippen LogP contribution in [0.4, 0.5) is 0 Å². The van der Waals surface area contributed by atoms with Crippen molar-refractivity contribution >= 4 is 0 Å². The molecule has 1 saturated heterocycles. The fourth-order valence-electron chi connectivity index (χ4n) is 3.02. The summed E-state index contributed by atoms with van der Waals surface area (Å²) in [5.74, 6) is 1.36. The fourth-order valence-corrected chi connectivity index (χ4v) is 3.02. The average molecular weight is 326 g/mol. The second-order valence-electron chi connectivity index (χ2n) is 6.31. The number of nitrogens with zero attached hydrogens (tertiary/aromatic N) is 4. The monoisotopic (exact) mass is 326 g/mol. The van der Waals surface area contributed by atoms with E-state index in [0.29, 0.717) is 24.3 Å². The van der Waals surface area contributed by atoms with E-state index in [2.05, 4.69) is 19.9 Å². The van der Waals surface area contributed by atoms with Crippen molar-refractivity contribution in [3.8, 4) is 17.4 Å². The molecule has 0 radical (unpaired) electrons. The molecule has 0 unspecified atom stereocenters. The highest BCUT2D eigenvalue weighted by atomic mass is 16.5. The number of benzene rings is 1. The van der Waals surface area contributed by atoms with Crippen molar-refractivity contribution in [1.82, 2.24) is 19.9 Å². The Morgan fingerprint density at radius 1 is 0.958 bits per heavy atom. The summed E-state index contributed by atoms with van der Waals surface area (Å²) in [6, 6.07) is 10.4. The van der Waals surface area contributed by atoms with Crippen LogP contribution in [-0.2, 0) is 0 Å². The molecule has 0 atom stereocenters. The molecule has 24 heavy (non-hydrogen) atoms. The summed E-state index contributed by atoms with van der Waals surface area (Å²) in [5.41, 5.74) is 0.984. The van der Waals surface area contributed by atoms with Crippen LogP contribution < -0.4 is 4.74 Å². The zero-order valence-electron chi connectivity index (χ0n) is 14.4. The third kappa shape index (κ3) is 4.99. The number of unbranched alkanes of at least 4 members (excludes halogenated alkanes) is 1. The molecule has 1 aromatic carbocycles. The molecule has 5 nitrogen and oxygen atoms in total. The van der Waals surface area contributed by atoms with Crippen molar-refractivity contribution < 1.29 is 4.74 Å². The van der Waals surface area contributed by atoms with Crippen molar-refractivity contribution in [1.29, 1.82) is 0 Å². The quantitative estimate of drug-likeness (QED) is 0.729. The Morgan fingerprint density at radius 2 is 1.75 bits per heavy atom. The molecule has 1 aliphatic heterocycles. The first-order valence-corrected chi connectivity index (χ1v) is 8.94. The number of ether oxygens (including phenoxy) is 1. The Morgan fingerprint density at radius 3 is 2.54 bits per heavy atom. The molecule has 0 N–H and O–H groups in total. The van der Waals surface area contributed by atoms with Gasteiger partial charge < -0.3 is 9.64 Å². The van der Waals surface area contributed by atoms with E-state index in [1.54, 1.807) is 0 Å². The van der Waals surface area contributed by atoms with Crippen LogP contribution in [-0.4, -0.2) is 46.1 Å². The number of piperidine rings is 1. The smallest absolute Gasteiger partial charge is 0.320 e. The SMILES string of the molecule is Cc1nc(OCCCCN2CCCCC2)nc(-c2ccccc2)n1. The molecule has 0 aliphatic carbocycles. The van der Waals surface area contributed by atoms with Gasteiger partial charge >= 0.3 is 6.01 Å². The van der Waals surface area contributed by atoms with Gasteiger partial charge in [0, 0.05) is 5.56 Å². The molecule has 5 heteroatoms. The summed E-state index contributed by atoms with van der Waals surface area (Å²) in [6.07, 6.45) is 6.28. The van der Waals surface area contributed by atoms with Crippen LogP contribution >= 0.6 is 0 Å². The van der Waals surface area contributed by atoms with Crippen LogP contribution in [0.25, 0.3) is 11.4 Å². The van der Waals surface area contributed by atoms with Crippen LogP contribution in [0.3, 0.4) is 0 Å². The molecular weight excluding hydrogens is 300 g/mol. The molecule has 2 aromatic rings. The number of aryl methyl sites for hydroxylation is 1. The Labute approximate surface area is 144 Å². The first kappa shape index (κ1) is 16.8. The minimum atomic E-state index is 0.430. The summed E-state index contributed by atoms with van der Waals surface area (Å²) in [5, 5.41) is 0.